The smallest absolute Gasteiger partial charge is 0.416 e. The molecule has 5 aromatic rings. The van der Waals surface area contributed by atoms with Crippen molar-refractivity contribution in [3.63, 3.8) is 0 Å². The van der Waals surface area contributed by atoms with E-state index in [0.717, 1.165) is 16.8 Å². The van der Waals surface area contributed by atoms with Crippen LogP contribution in [0.15, 0.2) is 93.2 Å². The fraction of sp³-hybridized carbons (Fsp3) is 0.100. The quantitative estimate of drug-likeness (QED) is 0.162. The lowest BCUT2D eigenvalue weighted by molar-refractivity contribution is -0.137. The standard InChI is InChI=1S/C30H19BrCl2F3N3O3/c1-41-26-12-17(11-23(31)27(26)42-16-19-9-10-21(32)14-24(19)33)15-37-39-28(18-5-4-6-20(13-18)30(34,35)36)38-25-8-3-2-7-22(25)29(39)40/h2-15H,16H2,1H3. The van der Waals surface area contributed by atoms with E-state index >= 15 is 0 Å². The van der Waals surface area contributed by atoms with E-state index in [1.165, 1.54) is 25.5 Å². The van der Waals surface area contributed by atoms with Crippen LogP contribution < -0.4 is 15.0 Å². The lowest BCUT2D eigenvalue weighted by Crippen LogP contribution is -2.20. The van der Waals surface area contributed by atoms with Crippen molar-refractivity contribution in [2.24, 2.45) is 5.10 Å². The predicted octanol–water partition coefficient (Wildman–Crippen LogP) is 8.62. The zero-order valence-corrected chi connectivity index (χ0v) is 24.7. The van der Waals surface area contributed by atoms with Gasteiger partial charge in [0.05, 0.1) is 34.3 Å². The third-order valence-corrected chi connectivity index (χ3v) is 7.34. The van der Waals surface area contributed by atoms with Crippen LogP contribution in [0.5, 0.6) is 11.5 Å². The van der Waals surface area contributed by atoms with Crippen LogP contribution >= 0.6 is 39.1 Å². The summed E-state index contributed by atoms with van der Waals surface area (Å²) in [6.45, 7) is 0.136. The Morgan fingerprint density at radius 1 is 1.02 bits per heavy atom. The Bertz CT molecular complexity index is 1890. The van der Waals surface area contributed by atoms with E-state index in [-0.39, 0.29) is 23.4 Å². The van der Waals surface area contributed by atoms with Gasteiger partial charge in [0.15, 0.2) is 17.3 Å². The number of ether oxygens (including phenoxy) is 2. The molecule has 0 aliphatic rings. The van der Waals surface area contributed by atoms with Gasteiger partial charge in [0.2, 0.25) is 0 Å². The number of para-hydroxylation sites is 1. The molecule has 0 aliphatic carbocycles. The maximum atomic E-state index is 13.5. The minimum atomic E-state index is -4.58. The highest BCUT2D eigenvalue weighted by molar-refractivity contribution is 9.10. The Labute approximate surface area is 256 Å². The second-order valence-corrected chi connectivity index (χ2v) is 10.6. The van der Waals surface area contributed by atoms with Crippen molar-refractivity contribution >= 4 is 56.2 Å². The Balaban J connectivity index is 1.54. The highest BCUT2D eigenvalue weighted by Crippen LogP contribution is 2.37. The van der Waals surface area contributed by atoms with E-state index in [1.807, 2.05) is 0 Å². The largest absolute Gasteiger partial charge is 0.493 e. The van der Waals surface area contributed by atoms with Crippen molar-refractivity contribution in [2.75, 3.05) is 7.11 Å². The molecule has 0 radical (unpaired) electrons. The summed E-state index contributed by atoms with van der Waals surface area (Å²) >= 11 is 15.7. The highest BCUT2D eigenvalue weighted by Gasteiger charge is 2.31. The average Bonchev–Trinajstić information content (AvgIpc) is 2.96. The highest BCUT2D eigenvalue weighted by atomic mass is 79.9. The van der Waals surface area contributed by atoms with Crippen molar-refractivity contribution in [2.45, 2.75) is 12.8 Å². The summed E-state index contributed by atoms with van der Waals surface area (Å²) in [4.78, 5) is 17.9. The number of halogens is 6. The SMILES string of the molecule is COc1cc(C=Nn2c(-c3cccc(C(F)(F)F)c3)nc3ccccc3c2=O)cc(Br)c1OCc1ccc(Cl)cc1Cl. The maximum absolute atomic E-state index is 13.5. The Hall–Kier alpha value is -3.86. The number of benzene rings is 4. The number of hydrogen-bond donors (Lipinski definition) is 0. The molecule has 0 fully saturated rings. The van der Waals surface area contributed by atoms with Crippen LogP contribution in [0.25, 0.3) is 22.3 Å². The van der Waals surface area contributed by atoms with Crippen molar-refractivity contribution in [1.82, 2.24) is 9.66 Å². The second kappa shape index (κ2) is 12.2. The van der Waals surface area contributed by atoms with Gasteiger partial charge in [-0.1, -0.05) is 53.5 Å². The lowest BCUT2D eigenvalue weighted by atomic mass is 10.1. The van der Waals surface area contributed by atoms with Crippen LogP contribution in [0.3, 0.4) is 0 Å². The summed E-state index contributed by atoms with van der Waals surface area (Å²) in [7, 11) is 1.47. The van der Waals surface area contributed by atoms with Gasteiger partial charge in [0, 0.05) is 21.2 Å². The second-order valence-electron chi connectivity index (χ2n) is 8.95. The van der Waals surface area contributed by atoms with Crippen LogP contribution in [0.1, 0.15) is 16.7 Å². The fourth-order valence-corrected chi connectivity index (χ4v) is 5.16. The topological polar surface area (TPSA) is 65.7 Å². The first-order chi connectivity index (χ1) is 20.0. The van der Waals surface area contributed by atoms with Gasteiger partial charge in [-0.2, -0.15) is 22.9 Å². The van der Waals surface area contributed by atoms with Gasteiger partial charge in [-0.25, -0.2) is 4.98 Å². The summed E-state index contributed by atoms with van der Waals surface area (Å²) < 4.78 is 53.4. The Morgan fingerprint density at radius 2 is 1.81 bits per heavy atom. The van der Waals surface area contributed by atoms with Crippen molar-refractivity contribution in [3.05, 3.63) is 120 Å². The third-order valence-electron chi connectivity index (χ3n) is 6.16. The molecule has 214 valence electrons. The van der Waals surface area contributed by atoms with Gasteiger partial charge in [-0.05, 0) is 70.0 Å². The number of fused-ring (bicyclic) bond motifs is 1. The number of aromatic nitrogens is 2. The Morgan fingerprint density at radius 3 is 2.55 bits per heavy atom. The first-order valence-corrected chi connectivity index (χ1v) is 13.8. The van der Waals surface area contributed by atoms with Gasteiger partial charge in [0.1, 0.15) is 6.61 Å². The van der Waals surface area contributed by atoms with Crippen LogP contribution in [-0.4, -0.2) is 23.0 Å². The molecule has 1 aromatic heterocycles. The van der Waals surface area contributed by atoms with E-state index in [9.17, 15) is 18.0 Å². The van der Waals surface area contributed by atoms with Crippen molar-refractivity contribution in [1.29, 1.82) is 0 Å². The number of nitrogens with zero attached hydrogens (tertiary/aromatic N) is 3. The molecule has 0 saturated carbocycles. The fourth-order valence-electron chi connectivity index (χ4n) is 4.12. The summed E-state index contributed by atoms with van der Waals surface area (Å²) in [5, 5.41) is 5.55. The maximum Gasteiger partial charge on any atom is 0.416 e. The van der Waals surface area contributed by atoms with E-state index in [1.54, 1.807) is 54.6 Å². The molecule has 0 saturated heterocycles. The molecule has 42 heavy (non-hydrogen) atoms. The predicted molar refractivity (Wildman–Crippen MR) is 161 cm³/mol. The van der Waals surface area contributed by atoms with Crippen LogP contribution in [-0.2, 0) is 12.8 Å². The molecular weight excluding hydrogens is 658 g/mol. The normalized spacial score (nSPS) is 11.8. The number of methoxy groups -OCH3 is 1. The van der Waals surface area contributed by atoms with Gasteiger partial charge in [-0.15, -0.1) is 0 Å². The molecule has 5 rings (SSSR count). The first-order valence-electron chi connectivity index (χ1n) is 12.2. The molecule has 0 atom stereocenters. The lowest BCUT2D eigenvalue weighted by Gasteiger charge is -2.14. The van der Waals surface area contributed by atoms with Gasteiger partial charge >= 0.3 is 6.18 Å². The molecule has 0 unspecified atom stereocenters. The van der Waals surface area contributed by atoms with E-state index in [4.69, 9.17) is 32.7 Å². The number of rotatable bonds is 7. The average molecular weight is 677 g/mol. The number of alkyl halides is 3. The van der Waals surface area contributed by atoms with Crippen LogP contribution in [0, 0.1) is 0 Å². The van der Waals surface area contributed by atoms with Crippen LogP contribution in [0.4, 0.5) is 13.2 Å². The summed E-state index contributed by atoms with van der Waals surface area (Å²) in [6.07, 6.45) is -3.20. The van der Waals surface area contributed by atoms with Crippen molar-refractivity contribution < 1.29 is 22.6 Å². The zero-order valence-electron chi connectivity index (χ0n) is 21.6. The van der Waals surface area contributed by atoms with E-state index in [2.05, 4.69) is 26.0 Å². The molecule has 0 bridgehead atoms. The van der Waals surface area contributed by atoms with Gasteiger partial charge < -0.3 is 9.47 Å². The summed E-state index contributed by atoms with van der Waals surface area (Å²) in [5.41, 5.74) is 0.204. The molecule has 0 spiro atoms. The minimum absolute atomic E-state index is 0.0492. The molecule has 0 N–H and O–H groups in total. The first kappa shape index (κ1) is 29.6. The molecule has 12 heteroatoms. The number of hydrogen-bond acceptors (Lipinski definition) is 5. The summed E-state index contributed by atoms with van der Waals surface area (Å²) in [6, 6.07) is 19.5. The van der Waals surface area contributed by atoms with Gasteiger partial charge in [0.25, 0.3) is 5.56 Å². The molecule has 4 aromatic carbocycles. The Kier molecular flexibility index (Phi) is 8.58. The summed E-state index contributed by atoms with van der Waals surface area (Å²) in [5.74, 6) is 0.708. The molecule has 0 amide bonds. The molecule has 6 nitrogen and oxygen atoms in total. The molecule has 1 heterocycles. The van der Waals surface area contributed by atoms with Crippen LogP contribution in [0.2, 0.25) is 10.0 Å². The minimum Gasteiger partial charge on any atom is -0.493 e. The van der Waals surface area contributed by atoms with Crippen molar-refractivity contribution in [3.8, 4) is 22.9 Å². The van der Waals surface area contributed by atoms with E-state index < -0.39 is 17.3 Å². The third kappa shape index (κ3) is 6.30. The zero-order chi connectivity index (χ0) is 30.0. The van der Waals surface area contributed by atoms with Gasteiger partial charge in [-0.3, -0.25) is 4.79 Å². The monoisotopic (exact) mass is 675 g/mol. The van der Waals surface area contributed by atoms with E-state index in [0.29, 0.717) is 42.7 Å². The molecule has 0 aliphatic heterocycles. The molecular formula is C30H19BrCl2F3N3O3.